The van der Waals surface area contributed by atoms with Gasteiger partial charge in [-0.1, -0.05) is 12.1 Å². The van der Waals surface area contributed by atoms with Crippen molar-refractivity contribution in [1.29, 1.82) is 0 Å². The summed E-state index contributed by atoms with van der Waals surface area (Å²) in [6, 6.07) is 9.76. The Bertz CT molecular complexity index is 1030. The Morgan fingerprint density at radius 1 is 1.23 bits per heavy atom. The third-order valence-electron chi connectivity index (χ3n) is 5.41. The van der Waals surface area contributed by atoms with Crippen molar-refractivity contribution >= 4 is 28.8 Å². The van der Waals surface area contributed by atoms with Crippen molar-refractivity contribution in [1.82, 2.24) is 15.1 Å². The minimum absolute atomic E-state index is 0.0120. The number of nitrogens with two attached hydrogens (primary N) is 1. The monoisotopic (exact) mass is 439 g/mol. The average molecular weight is 440 g/mol. The van der Waals surface area contributed by atoms with Crippen LogP contribution >= 0.6 is 11.3 Å². The molecule has 0 aliphatic carbocycles. The lowest BCUT2D eigenvalue weighted by Gasteiger charge is -2.30. The molecule has 3 N–H and O–H groups in total. The van der Waals surface area contributed by atoms with Crippen LogP contribution in [-0.4, -0.2) is 40.0 Å². The molecule has 1 fully saturated rings. The average Bonchev–Trinajstić information content (AvgIpc) is 3.45. The third kappa shape index (κ3) is 5.77. The van der Waals surface area contributed by atoms with Gasteiger partial charge in [-0.05, 0) is 55.1 Å². The van der Waals surface area contributed by atoms with Gasteiger partial charge in [0.05, 0.1) is 0 Å². The molecular formula is C22H25N5O3S. The molecule has 2 amide bonds. The third-order valence-corrected chi connectivity index (χ3v) is 6.09. The Balaban J connectivity index is 1.26. The van der Waals surface area contributed by atoms with Gasteiger partial charge in [0, 0.05) is 41.9 Å². The number of hydrogen-bond acceptors (Lipinski definition) is 7. The van der Waals surface area contributed by atoms with Crippen LogP contribution < -0.4 is 11.1 Å². The summed E-state index contributed by atoms with van der Waals surface area (Å²) in [5.41, 5.74) is 8.18. The van der Waals surface area contributed by atoms with Gasteiger partial charge < -0.3 is 15.5 Å². The van der Waals surface area contributed by atoms with E-state index >= 15 is 0 Å². The molecule has 0 unspecified atom stereocenters. The summed E-state index contributed by atoms with van der Waals surface area (Å²) in [6.45, 7) is 2.48. The van der Waals surface area contributed by atoms with Crippen molar-refractivity contribution in [2.75, 3.05) is 18.4 Å². The highest BCUT2D eigenvalue weighted by Crippen LogP contribution is 2.22. The molecule has 1 aliphatic rings. The van der Waals surface area contributed by atoms with Gasteiger partial charge in [0.25, 0.3) is 0 Å². The lowest BCUT2D eigenvalue weighted by atomic mass is 9.96. The van der Waals surface area contributed by atoms with Gasteiger partial charge in [0.1, 0.15) is 0 Å². The predicted molar refractivity (Wildman–Crippen MR) is 118 cm³/mol. The second-order valence-corrected chi connectivity index (χ2v) is 8.49. The fraction of sp³-hybridized carbons (Fsp3) is 0.364. The Kier molecular flexibility index (Phi) is 6.73. The molecule has 31 heavy (non-hydrogen) atoms. The number of carbonyl (C=O) groups is 2. The highest BCUT2D eigenvalue weighted by molar-refractivity contribution is 7.08. The van der Waals surface area contributed by atoms with E-state index < -0.39 is 0 Å². The topological polar surface area (TPSA) is 114 Å². The van der Waals surface area contributed by atoms with E-state index in [2.05, 4.69) is 20.4 Å². The van der Waals surface area contributed by atoms with Crippen molar-refractivity contribution in [2.24, 2.45) is 11.7 Å². The number of hydrogen-bond donors (Lipinski definition) is 2. The van der Waals surface area contributed by atoms with Crippen LogP contribution in [0.1, 0.15) is 30.7 Å². The normalized spacial score (nSPS) is 15.1. The van der Waals surface area contributed by atoms with Crippen LogP contribution in [0, 0.1) is 5.92 Å². The molecule has 2 aromatic heterocycles. The lowest BCUT2D eigenvalue weighted by molar-refractivity contribution is -0.123. The minimum atomic E-state index is -0.201. The summed E-state index contributed by atoms with van der Waals surface area (Å²) in [5.74, 6) is 0.609. The number of piperidine rings is 1. The fourth-order valence-corrected chi connectivity index (χ4v) is 4.31. The molecular weight excluding hydrogens is 414 g/mol. The number of nitrogens with zero attached hydrogens (tertiary/aromatic N) is 3. The molecule has 0 atom stereocenters. The first-order valence-electron chi connectivity index (χ1n) is 10.3. The first-order valence-corrected chi connectivity index (χ1v) is 11.3. The molecule has 1 saturated heterocycles. The Labute approximate surface area is 184 Å². The number of rotatable bonds is 8. The van der Waals surface area contributed by atoms with E-state index in [1.807, 2.05) is 41.1 Å². The number of amides is 2. The maximum atomic E-state index is 12.4. The standard InChI is InChI=1S/C22H25N5O3S/c23-21(29)16-6-9-27(10-7-16)13-15-2-1-3-18(12-15)24-19(28)4-5-20-25-26-22(30-20)17-8-11-31-14-17/h1-3,8,11-12,14,16H,4-7,9-10,13H2,(H2,23,29)(H,24,28). The van der Waals surface area contributed by atoms with Gasteiger partial charge in [0.15, 0.2) is 0 Å². The van der Waals surface area contributed by atoms with E-state index in [4.69, 9.17) is 10.2 Å². The number of primary amides is 1. The number of aromatic nitrogens is 2. The van der Waals surface area contributed by atoms with Gasteiger partial charge >= 0.3 is 0 Å². The molecule has 4 rings (SSSR count). The maximum Gasteiger partial charge on any atom is 0.248 e. The number of carbonyl (C=O) groups excluding carboxylic acids is 2. The van der Waals surface area contributed by atoms with Crippen molar-refractivity contribution < 1.29 is 14.0 Å². The molecule has 1 aromatic carbocycles. The summed E-state index contributed by atoms with van der Waals surface area (Å²) >= 11 is 1.56. The molecule has 0 bridgehead atoms. The molecule has 8 nitrogen and oxygen atoms in total. The van der Waals surface area contributed by atoms with Crippen LogP contribution in [-0.2, 0) is 22.6 Å². The lowest BCUT2D eigenvalue weighted by Crippen LogP contribution is -2.38. The number of anilines is 1. The Morgan fingerprint density at radius 2 is 2.06 bits per heavy atom. The van der Waals surface area contributed by atoms with Crippen LogP contribution in [0.25, 0.3) is 11.5 Å². The van der Waals surface area contributed by atoms with Crippen molar-refractivity contribution in [2.45, 2.75) is 32.2 Å². The van der Waals surface area contributed by atoms with E-state index in [1.54, 1.807) is 11.3 Å². The highest BCUT2D eigenvalue weighted by atomic mass is 32.1. The Morgan fingerprint density at radius 3 is 2.81 bits per heavy atom. The van der Waals surface area contributed by atoms with Crippen LogP contribution in [0.4, 0.5) is 5.69 Å². The van der Waals surface area contributed by atoms with E-state index in [-0.39, 0.29) is 24.2 Å². The van der Waals surface area contributed by atoms with Gasteiger partial charge in [-0.3, -0.25) is 14.5 Å². The van der Waals surface area contributed by atoms with Gasteiger partial charge in [-0.2, -0.15) is 11.3 Å². The number of thiophene rings is 1. The first kappa shape index (κ1) is 21.2. The van der Waals surface area contributed by atoms with Crippen molar-refractivity contribution in [3.63, 3.8) is 0 Å². The number of benzene rings is 1. The van der Waals surface area contributed by atoms with E-state index in [0.717, 1.165) is 49.3 Å². The number of nitrogens with one attached hydrogen (secondary N) is 1. The summed E-state index contributed by atoms with van der Waals surface area (Å²) < 4.78 is 5.62. The molecule has 1 aliphatic heterocycles. The molecule has 0 saturated carbocycles. The van der Waals surface area contributed by atoms with Crippen LogP contribution in [0.5, 0.6) is 0 Å². The molecule has 0 radical (unpaired) electrons. The minimum Gasteiger partial charge on any atom is -0.421 e. The number of aryl methyl sites for hydroxylation is 1. The Hall–Kier alpha value is -3.04. The smallest absolute Gasteiger partial charge is 0.248 e. The maximum absolute atomic E-state index is 12.4. The van der Waals surface area contributed by atoms with E-state index in [1.165, 1.54) is 0 Å². The summed E-state index contributed by atoms with van der Waals surface area (Å²) in [5, 5.41) is 14.9. The molecule has 3 aromatic rings. The largest absolute Gasteiger partial charge is 0.421 e. The van der Waals surface area contributed by atoms with Crippen LogP contribution in [0.2, 0.25) is 0 Å². The number of likely N-dealkylation sites (tertiary alicyclic amines) is 1. The fourth-order valence-electron chi connectivity index (χ4n) is 3.68. The van der Waals surface area contributed by atoms with Crippen molar-refractivity contribution in [3.05, 3.63) is 52.5 Å². The molecule has 0 spiro atoms. The summed E-state index contributed by atoms with van der Waals surface area (Å²) in [4.78, 5) is 26.0. The first-order chi connectivity index (χ1) is 15.1. The molecule has 9 heteroatoms. The zero-order valence-electron chi connectivity index (χ0n) is 17.1. The van der Waals surface area contributed by atoms with Gasteiger partial charge in [-0.15, -0.1) is 10.2 Å². The quantitative estimate of drug-likeness (QED) is 0.557. The summed E-state index contributed by atoms with van der Waals surface area (Å²) in [6.07, 6.45) is 2.25. The highest BCUT2D eigenvalue weighted by Gasteiger charge is 2.23. The van der Waals surface area contributed by atoms with E-state index in [0.29, 0.717) is 18.2 Å². The summed E-state index contributed by atoms with van der Waals surface area (Å²) in [7, 11) is 0. The van der Waals surface area contributed by atoms with Crippen molar-refractivity contribution in [3.8, 4) is 11.5 Å². The zero-order chi connectivity index (χ0) is 21.6. The second kappa shape index (κ2) is 9.84. The van der Waals surface area contributed by atoms with Gasteiger partial charge in [0.2, 0.25) is 23.6 Å². The zero-order valence-corrected chi connectivity index (χ0v) is 17.9. The molecule has 162 valence electrons. The van der Waals surface area contributed by atoms with Gasteiger partial charge in [-0.25, -0.2) is 0 Å². The predicted octanol–water partition coefficient (Wildman–Crippen LogP) is 3.07. The van der Waals surface area contributed by atoms with Crippen LogP contribution in [0.15, 0.2) is 45.5 Å². The van der Waals surface area contributed by atoms with Crippen LogP contribution in [0.3, 0.4) is 0 Å². The molecule has 3 heterocycles. The van der Waals surface area contributed by atoms with E-state index in [9.17, 15) is 9.59 Å². The second-order valence-electron chi connectivity index (χ2n) is 7.71. The SMILES string of the molecule is NC(=O)C1CCN(Cc2cccc(NC(=O)CCc3nnc(-c4ccsc4)o3)c2)CC1.